The molecule has 0 amide bonds. The van der Waals surface area contributed by atoms with Crippen LogP contribution in [0.5, 0.6) is 0 Å². The molecular formula is C10H9BrClNO4. The number of carbonyl (C=O) groups is 1. The van der Waals surface area contributed by atoms with Crippen molar-refractivity contribution >= 4 is 39.2 Å². The molecule has 0 N–H and O–H groups in total. The number of rotatable bonds is 4. The van der Waals surface area contributed by atoms with E-state index in [1.165, 1.54) is 19.2 Å². The Labute approximate surface area is 111 Å². The molecule has 0 atom stereocenters. The predicted molar refractivity (Wildman–Crippen MR) is 66.5 cm³/mol. The molecule has 0 bridgehead atoms. The van der Waals surface area contributed by atoms with Crippen molar-refractivity contribution in [1.82, 2.24) is 0 Å². The van der Waals surface area contributed by atoms with E-state index in [4.69, 9.17) is 11.6 Å². The van der Waals surface area contributed by atoms with Gasteiger partial charge in [0.2, 0.25) is 0 Å². The van der Waals surface area contributed by atoms with E-state index in [0.29, 0.717) is 21.5 Å². The Hall–Kier alpha value is -1.14. The van der Waals surface area contributed by atoms with Crippen LogP contribution in [-0.4, -0.2) is 18.0 Å². The lowest BCUT2D eigenvalue weighted by atomic mass is 10.1. The van der Waals surface area contributed by atoms with Crippen LogP contribution in [0.2, 0.25) is 5.02 Å². The van der Waals surface area contributed by atoms with Crippen LogP contribution in [0, 0.1) is 10.1 Å². The molecule has 7 heteroatoms. The van der Waals surface area contributed by atoms with Gasteiger partial charge in [-0.2, -0.15) is 0 Å². The zero-order valence-electron chi connectivity index (χ0n) is 8.91. The largest absolute Gasteiger partial charge is 0.469 e. The van der Waals surface area contributed by atoms with Gasteiger partial charge < -0.3 is 4.74 Å². The summed E-state index contributed by atoms with van der Waals surface area (Å²) < 4.78 is 4.50. The molecule has 1 aromatic carbocycles. The summed E-state index contributed by atoms with van der Waals surface area (Å²) in [5.74, 6) is -0.493. The number of halogens is 2. The second-order valence-electron chi connectivity index (χ2n) is 3.22. The van der Waals surface area contributed by atoms with E-state index in [1.807, 2.05) is 0 Å². The number of carbonyl (C=O) groups excluding carboxylic acids is 1. The number of methoxy groups -OCH3 is 1. The SMILES string of the molecule is COC(=O)Cc1cc([N+](=O)[O-])cc(CBr)c1Cl. The second kappa shape index (κ2) is 5.97. The number of nitro benzene ring substituents is 1. The molecule has 92 valence electrons. The van der Waals surface area contributed by atoms with Crippen LogP contribution in [0.4, 0.5) is 5.69 Å². The molecule has 1 aromatic rings. The number of nitrogens with zero attached hydrogens (tertiary/aromatic N) is 1. The molecule has 17 heavy (non-hydrogen) atoms. The molecule has 0 heterocycles. The molecule has 0 aliphatic heterocycles. The first kappa shape index (κ1) is 13.9. The number of ether oxygens (including phenoxy) is 1. The monoisotopic (exact) mass is 321 g/mol. The fourth-order valence-corrected chi connectivity index (χ4v) is 2.14. The minimum Gasteiger partial charge on any atom is -0.469 e. The summed E-state index contributed by atoms with van der Waals surface area (Å²) in [5, 5.41) is 11.4. The van der Waals surface area contributed by atoms with Crippen molar-refractivity contribution in [2.75, 3.05) is 7.11 Å². The molecule has 0 unspecified atom stereocenters. The number of non-ortho nitro benzene ring substituents is 1. The van der Waals surface area contributed by atoms with E-state index in [2.05, 4.69) is 20.7 Å². The highest BCUT2D eigenvalue weighted by atomic mass is 79.9. The zero-order valence-corrected chi connectivity index (χ0v) is 11.2. The fourth-order valence-electron chi connectivity index (χ4n) is 1.29. The third-order valence-corrected chi connectivity index (χ3v) is 3.21. The molecule has 0 saturated carbocycles. The average molecular weight is 323 g/mol. The summed E-state index contributed by atoms with van der Waals surface area (Å²) in [5.41, 5.74) is 0.865. The molecule has 0 spiro atoms. The summed E-state index contributed by atoms with van der Waals surface area (Å²) in [4.78, 5) is 21.3. The molecule has 0 aromatic heterocycles. The Morgan fingerprint density at radius 2 is 2.12 bits per heavy atom. The number of benzene rings is 1. The summed E-state index contributed by atoms with van der Waals surface area (Å²) in [6.45, 7) is 0. The van der Waals surface area contributed by atoms with Gasteiger partial charge in [0.15, 0.2) is 0 Å². The summed E-state index contributed by atoms with van der Waals surface area (Å²) in [6.07, 6.45) is -0.0863. The van der Waals surface area contributed by atoms with E-state index in [0.717, 1.165) is 0 Å². The van der Waals surface area contributed by atoms with Crippen molar-refractivity contribution in [3.05, 3.63) is 38.4 Å². The Morgan fingerprint density at radius 3 is 2.59 bits per heavy atom. The normalized spacial score (nSPS) is 10.1. The maximum absolute atomic E-state index is 11.2. The lowest BCUT2D eigenvalue weighted by molar-refractivity contribution is -0.385. The van der Waals surface area contributed by atoms with Gasteiger partial charge >= 0.3 is 5.97 Å². The number of esters is 1. The van der Waals surface area contributed by atoms with Gasteiger partial charge in [0.1, 0.15) is 0 Å². The molecule has 0 aliphatic rings. The van der Waals surface area contributed by atoms with Crippen LogP contribution >= 0.6 is 27.5 Å². The van der Waals surface area contributed by atoms with Crippen molar-refractivity contribution in [3.8, 4) is 0 Å². The number of hydrogen-bond acceptors (Lipinski definition) is 4. The van der Waals surface area contributed by atoms with E-state index in [-0.39, 0.29) is 12.1 Å². The third kappa shape index (κ3) is 3.41. The molecule has 5 nitrogen and oxygen atoms in total. The molecule has 0 fully saturated rings. The molecule has 0 aliphatic carbocycles. The smallest absolute Gasteiger partial charge is 0.310 e. The van der Waals surface area contributed by atoms with E-state index in [9.17, 15) is 14.9 Å². The minimum atomic E-state index is -0.525. The van der Waals surface area contributed by atoms with Gasteiger partial charge in [-0.25, -0.2) is 0 Å². The van der Waals surface area contributed by atoms with Gasteiger partial charge in [-0.3, -0.25) is 14.9 Å². The van der Waals surface area contributed by atoms with E-state index >= 15 is 0 Å². The Morgan fingerprint density at radius 1 is 1.53 bits per heavy atom. The van der Waals surface area contributed by atoms with Gasteiger partial charge in [-0.15, -0.1) is 0 Å². The average Bonchev–Trinajstić information content (AvgIpc) is 2.31. The number of alkyl halides is 1. The first-order valence-electron chi connectivity index (χ1n) is 4.58. The first-order valence-corrected chi connectivity index (χ1v) is 6.08. The van der Waals surface area contributed by atoms with Gasteiger partial charge in [0.05, 0.1) is 18.5 Å². The van der Waals surface area contributed by atoms with E-state index < -0.39 is 10.9 Å². The zero-order chi connectivity index (χ0) is 13.0. The summed E-state index contributed by atoms with van der Waals surface area (Å²) in [6, 6.07) is 2.66. The van der Waals surface area contributed by atoms with Gasteiger partial charge in [0.25, 0.3) is 5.69 Å². The Balaban J connectivity index is 3.22. The van der Waals surface area contributed by atoms with Crippen molar-refractivity contribution in [2.45, 2.75) is 11.8 Å². The van der Waals surface area contributed by atoms with Crippen LogP contribution in [0.25, 0.3) is 0 Å². The molecule has 0 radical (unpaired) electrons. The standard InChI is InChI=1S/C10H9BrClNO4/c1-17-9(14)4-6-2-8(13(15)16)3-7(5-11)10(6)12/h2-3H,4-5H2,1H3. The maximum Gasteiger partial charge on any atom is 0.310 e. The Bertz CT molecular complexity index is 464. The van der Waals surface area contributed by atoms with Crippen LogP contribution in [0.15, 0.2) is 12.1 Å². The fraction of sp³-hybridized carbons (Fsp3) is 0.300. The van der Waals surface area contributed by atoms with Crippen molar-refractivity contribution in [3.63, 3.8) is 0 Å². The lowest BCUT2D eigenvalue weighted by Crippen LogP contribution is -2.06. The predicted octanol–water partition coefficient (Wildman–Crippen LogP) is 2.86. The minimum absolute atomic E-state index is 0.0863. The topological polar surface area (TPSA) is 69.4 Å². The van der Waals surface area contributed by atoms with Crippen LogP contribution in [-0.2, 0) is 21.3 Å². The maximum atomic E-state index is 11.2. The highest BCUT2D eigenvalue weighted by Gasteiger charge is 2.17. The van der Waals surface area contributed by atoms with Crippen molar-refractivity contribution < 1.29 is 14.5 Å². The quantitative estimate of drug-likeness (QED) is 0.370. The number of nitro groups is 1. The highest BCUT2D eigenvalue weighted by molar-refractivity contribution is 9.08. The Kier molecular flexibility index (Phi) is 4.89. The van der Waals surface area contributed by atoms with Crippen molar-refractivity contribution in [2.24, 2.45) is 0 Å². The summed E-state index contributed by atoms with van der Waals surface area (Å²) in [7, 11) is 1.25. The summed E-state index contributed by atoms with van der Waals surface area (Å²) >= 11 is 9.21. The highest BCUT2D eigenvalue weighted by Crippen LogP contribution is 2.29. The second-order valence-corrected chi connectivity index (χ2v) is 4.16. The van der Waals surface area contributed by atoms with Crippen molar-refractivity contribution in [1.29, 1.82) is 0 Å². The molecule has 0 saturated heterocycles. The van der Waals surface area contributed by atoms with Crippen LogP contribution in [0.1, 0.15) is 11.1 Å². The lowest BCUT2D eigenvalue weighted by Gasteiger charge is -2.07. The van der Waals surface area contributed by atoms with Crippen LogP contribution in [0.3, 0.4) is 0 Å². The van der Waals surface area contributed by atoms with Gasteiger partial charge in [0, 0.05) is 22.5 Å². The van der Waals surface area contributed by atoms with Gasteiger partial charge in [-0.1, -0.05) is 27.5 Å². The van der Waals surface area contributed by atoms with Crippen LogP contribution < -0.4 is 0 Å². The first-order chi connectivity index (χ1) is 7.99. The van der Waals surface area contributed by atoms with E-state index in [1.54, 1.807) is 0 Å². The van der Waals surface area contributed by atoms with Gasteiger partial charge in [-0.05, 0) is 11.1 Å². The number of hydrogen-bond donors (Lipinski definition) is 0. The third-order valence-electron chi connectivity index (χ3n) is 2.13. The molecule has 1 rings (SSSR count). The molecular weight excluding hydrogens is 313 g/mol.